The summed E-state index contributed by atoms with van der Waals surface area (Å²) in [5, 5.41) is 3.48. The number of rotatable bonds is 5. The lowest BCUT2D eigenvalue weighted by molar-refractivity contribution is -0.137. The van der Waals surface area contributed by atoms with Gasteiger partial charge in [0.25, 0.3) is 0 Å². The van der Waals surface area contributed by atoms with E-state index in [1.165, 1.54) is 19.3 Å². The second-order valence-corrected chi connectivity index (χ2v) is 6.13. The van der Waals surface area contributed by atoms with Crippen LogP contribution in [0.25, 0.3) is 0 Å². The van der Waals surface area contributed by atoms with Gasteiger partial charge in [0.2, 0.25) is 5.91 Å². The third-order valence-electron chi connectivity index (χ3n) is 4.20. The van der Waals surface area contributed by atoms with E-state index in [0.29, 0.717) is 12.5 Å². The van der Waals surface area contributed by atoms with Crippen LogP contribution < -0.4 is 5.32 Å². The van der Waals surface area contributed by atoms with Gasteiger partial charge in [-0.25, -0.2) is 0 Å². The third kappa shape index (κ3) is 4.46. The molecule has 2 aliphatic rings. The molecule has 4 heteroatoms. The fraction of sp³-hybridized carbons (Fsp3) is 0.933. The molecule has 2 fully saturated rings. The van der Waals surface area contributed by atoms with Crippen LogP contribution in [0.3, 0.4) is 0 Å². The standard InChI is InChI=1S/C15H28N2O2/c1-12(2)17(11-13-6-5-8-16-13)15(18)10-14-7-3-4-9-19-14/h12-14,16H,3-11H2,1-2H3. The van der Waals surface area contributed by atoms with Gasteiger partial charge in [-0.1, -0.05) is 0 Å². The van der Waals surface area contributed by atoms with Gasteiger partial charge in [-0.05, 0) is 52.5 Å². The molecule has 4 nitrogen and oxygen atoms in total. The molecule has 0 radical (unpaired) electrons. The summed E-state index contributed by atoms with van der Waals surface area (Å²) in [6, 6.07) is 0.761. The van der Waals surface area contributed by atoms with Crippen LogP contribution in [0.4, 0.5) is 0 Å². The Labute approximate surface area is 116 Å². The smallest absolute Gasteiger partial charge is 0.225 e. The van der Waals surface area contributed by atoms with Crippen molar-refractivity contribution in [2.24, 2.45) is 0 Å². The molecule has 1 N–H and O–H groups in total. The molecule has 0 aromatic carbocycles. The van der Waals surface area contributed by atoms with E-state index in [1.54, 1.807) is 0 Å². The molecule has 19 heavy (non-hydrogen) atoms. The summed E-state index contributed by atoms with van der Waals surface area (Å²) in [5.41, 5.74) is 0. The van der Waals surface area contributed by atoms with Crippen LogP contribution in [0.2, 0.25) is 0 Å². The zero-order chi connectivity index (χ0) is 13.7. The van der Waals surface area contributed by atoms with Crippen molar-refractivity contribution in [3.05, 3.63) is 0 Å². The number of carbonyl (C=O) groups is 1. The maximum Gasteiger partial charge on any atom is 0.225 e. The minimum atomic E-state index is 0.152. The molecule has 0 aromatic rings. The Morgan fingerprint density at radius 2 is 2.16 bits per heavy atom. The largest absolute Gasteiger partial charge is 0.378 e. The third-order valence-corrected chi connectivity index (χ3v) is 4.20. The van der Waals surface area contributed by atoms with Crippen molar-refractivity contribution in [3.63, 3.8) is 0 Å². The predicted octanol–water partition coefficient (Wildman–Crippen LogP) is 1.93. The van der Waals surface area contributed by atoms with E-state index in [4.69, 9.17) is 4.74 Å². The molecule has 110 valence electrons. The minimum Gasteiger partial charge on any atom is -0.378 e. The molecular formula is C15H28N2O2. The van der Waals surface area contributed by atoms with Crippen LogP contribution in [0.15, 0.2) is 0 Å². The number of nitrogens with one attached hydrogen (secondary N) is 1. The Balaban J connectivity index is 1.84. The molecule has 2 rings (SSSR count). The van der Waals surface area contributed by atoms with E-state index in [9.17, 15) is 4.79 Å². The first-order valence-corrected chi connectivity index (χ1v) is 7.81. The van der Waals surface area contributed by atoms with Crippen LogP contribution in [0.5, 0.6) is 0 Å². The Kier molecular flexibility index (Phi) is 5.64. The first-order valence-electron chi connectivity index (χ1n) is 7.81. The van der Waals surface area contributed by atoms with Gasteiger partial charge in [0.05, 0.1) is 12.5 Å². The molecule has 2 atom stereocenters. The number of amides is 1. The van der Waals surface area contributed by atoms with Crippen molar-refractivity contribution >= 4 is 5.91 Å². The van der Waals surface area contributed by atoms with Gasteiger partial charge in [0, 0.05) is 25.2 Å². The van der Waals surface area contributed by atoms with Gasteiger partial charge in [-0.2, -0.15) is 0 Å². The van der Waals surface area contributed by atoms with Crippen molar-refractivity contribution in [1.82, 2.24) is 10.2 Å². The van der Waals surface area contributed by atoms with Crippen molar-refractivity contribution in [3.8, 4) is 0 Å². The topological polar surface area (TPSA) is 41.6 Å². The quantitative estimate of drug-likeness (QED) is 0.828. The molecule has 0 aliphatic carbocycles. The summed E-state index contributed by atoms with van der Waals surface area (Å²) in [7, 11) is 0. The van der Waals surface area contributed by atoms with Gasteiger partial charge in [-0.3, -0.25) is 4.79 Å². The van der Waals surface area contributed by atoms with Crippen molar-refractivity contribution in [1.29, 1.82) is 0 Å². The van der Waals surface area contributed by atoms with E-state index in [0.717, 1.165) is 32.5 Å². The second kappa shape index (κ2) is 7.25. The first kappa shape index (κ1) is 14.8. The van der Waals surface area contributed by atoms with Crippen molar-refractivity contribution in [2.45, 2.75) is 70.6 Å². The number of hydrogen-bond acceptors (Lipinski definition) is 3. The average molecular weight is 268 g/mol. The highest BCUT2D eigenvalue weighted by Gasteiger charge is 2.26. The van der Waals surface area contributed by atoms with Crippen LogP contribution in [-0.2, 0) is 9.53 Å². The number of carbonyl (C=O) groups excluding carboxylic acids is 1. The molecule has 2 aliphatic heterocycles. The van der Waals surface area contributed by atoms with Crippen molar-refractivity contribution in [2.75, 3.05) is 19.7 Å². The number of hydrogen-bond donors (Lipinski definition) is 1. The maximum atomic E-state index is 12.5. The molecule has 2 heterocycles. The van der Waals surface area contributed by atoms with Gasteiger partial charge in [-0.15, -0.1) is 0 Å². The summed E-state index contributed by atoms with van der Waals surface area (Å²) in [4.78, 5) is 14.5. The van der Waals surface area contributed by atoms with E-state index in [2.05, 4.69) is 19.2 Å². The average Bonchev–Trinajstić information content (AvgIpc) is 2.89. The van der Waals surface area contributed by atoms with Crippen molar-refractivity contribution < 1.29 is 9.53 Å². The highest BCUT2D eigenvalue weighted by Crippen LogP contribution is 2.18. The second-order valence-electron chi connectivity index (χ2n) is 6.13. The maximum absolute atomic E-state index is 12.5. The molecule has 0 saturated carbocycles. The van der Waals surface area contributed by atoms with Crippen LogP contribution in [-0.4, -0.2) is 48.7 Å². The van der Waals surface area contributed by atoms with E-state index in [-0.39, 0.29) is 18.1 Å². The van der Waals surface area contributed by atoms with E-state index >= 15 is 0 Å². The van der Waals surface area contributed by atoms with Crippen LogP contribution in [0.1, 0.15) is 52.4 Å². The van der Waals surface area contributed by atoms with E-state index < -0.39 is 0 Å². The van der Waals surface area contributed by atoms with Crippen LogP contribution in [0, 0.1) is 0 Å². The molecule has 0 aromatic heterocycles. The highest BCUT2D eigenvalue weighted by atomic mass is 16.5. The summed E-state index contributed by atoms with van der Waals surface area (Å²) in [6.07, 6.45) is 6.52. The first-order chi connectivity index (χ1) is 9.16. The zero-order valence-corrected chi connectivity index (χ0v) is 12.4. The normalized spacial score (nSPS) is 27.7. The summed E-state index contributed by atoms with van der Waals surface area (Å²) >= 11 is 0. The lowest BCUT2D eigenvalue weighted by Crippen LogP contribution is -2.46. The summed E-state index contributed by atoms with van der Waals surface area (Å²) in [6.45, 7) is 6.98. The van der Waals surface area contributed by atoms with Gasteiger partial charge in [0.1, 0.15) is 0 Å². The van der Waals surface area contributed by atoms with Gasteiger partial charge in [0.15, 0.2) is 0 Å². The Hall–Kier alpha value is -0.610. The van der Waals surface area contributed by atoms with Gasteiger partial charge < -0.3 is 15.0 Å². The number of ether oxygens (including phenoxy) is 1. The molecule has 2 unspecified atom stereocenters. The predicted molar refractivity (Wildman–Crippen MR) is 76.1 cm³/mol. The monoisotopic (exact) mass is 268 g/mol. The SMILES string of the molecule is CC(C)N(CC1CCCN1)C(=O)CC1CCCCO1. The molecule has 1 amide bonds. The lowest BCUT2D eigenvalue weighted by atomic mass is 10.0. The summed E-state index contributed by atoms with van der Waals surface area (Å²) in [5.74, 6) is 0.260. The molecule has 0 bridgehead atoms. The fourth-order valence-electron chi connectivity index (χ4n) is 3.03. The van der Waals surface area contributed by atoms with Crippen LogP contribution >= 0.6 is 0 Å². The molecule has 0 spiro atoms. The van der Waals surface area contributed by atoms with Gasteiger partial charge >= 0.3 is 0 Å². The fourth-order valence-corrected chi connectivity index (χ4v) is 3.03. The lowest BCUT2D eigenvalue weighted by Gasteiger charge is -2.32. The highest BCUT2D eigenvalue weighted by molar-refractivity contribution is 5.77. The Bertz CT molecular complexity index is 282. The zero-order valence-electron chi connectivity index (χ0n) is 12.4. The number of nitrogens with zero attached hydrogens (tertiary/aromatic N) is 1. The minimum absolute atomic E-state index is 0.152. The van der Waals surface area contributed by atoms with E-state index in [1.807, 2.05) is 4.90 Å². The molecular weight excluding hydrogens is 240 g/mol. The molecule has 2 saturated heterocycles. The summed E-state index contributed by atoms with van der Waals surface area (Å²) < 4.78 is 5.69. The Morgan fingerprint density at radius 1 is 1.32 bits per heavy atom. The Morgan fingerprint density at radius 3 is 2.74 bits per heavy atom.